The SMILES string of the molecule is COC1=C(OC)C(O)(C#CCn2ccc3ccccc32)C1=O. The van der Waals surface area contributed by atoms with Gasteiger partial charge in [-0.25, -0.2) is 0 Å². The van der Waals surface area contributed by atoms with Gasteiger partial charge in [-0.2, -0.15) is 0 Å². The fraction of sp³-hybridized carbons (Fsp3) is 0.235. The molecule has 1 aromatic carbocycles. The van der Waals surface area contributed by atoms with E-state index in [0.29, 0.717) is 6.54 Å². The molecule has 1 atom stereocenters. The minimum absolute atomic E-state index is 0.0192. The maximum absolute atomic E-state index is 11.9. The van der Waals surface area contributed by atoms with Gasteiger partial charge in [-0.05, 0) is 23.4 Å². The third-order valence-corrected chi connectivity index (χ3v) is 3.68. The van der Waals surface area contributed by atoms with Gasteiger partial charge in [-0.1, -0.05) is 24.1 Å². The van der Waals surface area contributed by atoms with E-state index in [9.17, 15) is 9.90 Å². The number of ether oxygens (including phenoxy) is 2. The van der Waals surface area contributed by atoms with Crippen molar-refractivity contribution in [1.29, 1.82) is 0 Å². The van der Waals surface area contributed by atoms with Gasteiger partial charge < -0.3 is 19.1 Å². The van der Waals surface area contributed by atoms with E-state index in [1.54, 1.807) is 0 Å². The molecule has 112 valence electrons. The van der Waals surface area contributed by atoms with Gasteiger partial charge in [0.1, 0.15) is 0 Å². The molecular weight excluding hydrogens is 282 g/mol. The predicted octanol–water partition coefficient (Wildman–Crippen LogP) is 1.46. The van der Waals surface area contributed by atoms with E-state index in [1.807, 2.05) is 41.1 Å². The quantitative estimate of drug-likeness (QED) is 0.871. The van der Waals surface area contributed by atoms with Gasteiger partial charge in [-0.3, -0.25) is 4.79 Å². The molecule has 5 nitrogen and oxygen atoms in total. The molecule has 0 spiro atoms. The number of aromatic nitrogens is 1. The Morgan fingerprint density at radius 3 is 2.73 bits per heavy atom. The smallest absolute Gasteiger partial charge is 0.254 e. The summed E-state index contributed by atoms with van der Waals surface area (Å²) in [6.45, 7) is 0.364. The number of para-hydroxylation sites is 1. The highest BCUT2D eigenvalue weighted by Crippen LogP contribution is 2.35. The molecule has 0 bridgehead atoms. The number of ketones is 1. The molecular formula is C17H15NO4. The maximum atomic E-state index is 11.9. The first kappa shape index (κ1) is 14.2. The van der Waals surface area contributed by atoms with E-state index >= 15 is 0 Å². The largest absolute Gasteiger partial charge is 0.493 e. The summed E-state index contributed by atoms with van der Waals surface area (Å²) in [5, 5.41) is 11.4. The van der Waals surface area contributed by atoms with Crippen molar-refractivity contribution < 1.29 is 19.4 Å². The highest BCUT2D eigenvalue weighted by Gasteiger charge is 2.55. The Morgan fingerprint density at radius 2 is 2.00 bits per heavy atom. The summed E-state index contributed by atoms with van der Waals surface area (Å²) in [5.74, 6) is 4.93. The molecule has 2 aromatic rings. The van der Waals surface area contributed by atoms with Crippen molar-refractivity contribution in [2.75, 3.05) is 14.2 Å². The molecule has 3 rings (SSSR count). The third-order valence-electron chi connectivity index (χ3n) is 3.68. The lowest BCUT2D eigenvalue weighted by atomic mass is 9.83. The second kappa shape index (κ2) is 5.24. The maximum Gasteiger partial charge on any atom is 0.254 e. The highest BCUT2D eigenvalue weighted by molar-refractivity contribution is 6.12. The van der Waals surface area contributed by atoms with Crippen molar-refractivity contribution in [3.63, 3.8) is 0 Å². The van der Waals surface area contributed by atoms with Crippen LogP contribution >= 0.6 is 0 Å². The first-order valence-electron chi connectivity index (χ1n) is 6.75. The number of methoxy groups -OCH3 is 2. The molecule has 0 saturated carbocycles. The number of benzene rings is 1. The number of aliphatic hydroxyl groups is 1. The summed E-state index contributed by atoms with van der Waals surface area (Å²) >= 11 is 0. The number of hydrogen-bond acceptors (Lipinski definition) is 4. The van der Waals surface area contributed by atoms with Gasteiger partial charge in [0.25, 0.3) is 11.4 Å². The summed E-state index contributed by atoms with van der Waals surface area (Å²) in [4.78, 5) is 11.9. The van der Waals surface area contributed by atoms with Crippen LogP contribution in [0, 0.1) is 11.8 Å². The number of fused-ring (bicyclic) bond motifs is 1. The Labute approximate surface area is 127 Å². The zero-order valence-corrected chi connectivity index (χ0v) is 12.3. The lowest BCUT2D eigenvalue weighted by Crippen LogP contribution is -2.51. The first-order chi connectivity index (χ1) is 10.6. The molecule has 22 heavy (non-hydrogen) atoms. The van der Waals surface area contributed by atoms with Crippen LogP contribution in [0.2, 0.25) is 0 Å². The van der Waals surface area contributed by atoms with Crippen LogP contribution in [0.3, 0.4) is 0 Å². The average molecular weight is 297 g/mol. The van der Waals surface area contributed by atoms with Gasteiger partial charge in [0.15, 0.2) is 5.76 Å². The van der Waals surface area contributed by atoms with E-state index in [-0.39, 0.29) is 11.5 Å². The lowest BCUT2D eigenvalue weighted by Gasteiger charge is -2.32. The van der Waals surface area contributed by atoms with Crippen LogP contribution in [0.4, 0.5) is 0 Å². The summed E-state index contributed by atoms with van der Waals surface area (Å²) in [6.07, 6.45) is 1.92. The monoisotopic (exact) mass is 297 g/mol. The number of hydrogen-bond donors (Lipinski definition) is 1. The molecule has 1 aromatic heterocycles. The average Bonchev–Trinajstić information content (AvgIpc) is 2.95. The standard InChI is InChI=1S/C17H15NO4/c1-21-14-15(19)17(20,16(14)22-2)9-5-10-18-11-8-12-6-3-4-7-13(12)18/h3-4,6-8,11,20H,10H2,1-2H3. The normalized spacial score (nSPS) is 20.4. The fourth-order valence-corrected chi connectivity index (χ4v) is 2.54. The van der Waals surface area contributed by atoms with Crippen LogP contribution in [0.1, 0.15) is 0 Å². The summed E-state index contributed by atoms with van der Waals surface area (Å²) in [7, 11) is 2.72. The Morgan fingerprint density at radius 1 is 1.23 bits per heavy atom. The first-order valence-corrected chi connectivity index (χ1v) is 6.75. The van der Waals surface area contributed by atoms with Crippen molar-refractivity contribution >= 4 is 16.7 Å². The molecule has 0 radical (unpaired) electrons. The molecule has 1 aliphatic carbocycles. The van der Waals surface area contributed by atoms with E-state index in [0.717, 1.165) is 10.9 Å². The van der Waals surface area contributed by atoms with Crippen LogP contribution in [-0.4, -0.2) is 35.3 Å². The number of rotatable bonds is 3. The molecule has 0 amide bonds. The lowest BCUT2D eigenvalue weighted by molar-refractivity contribution is -0.138. The molecule has 1 aliphatic rings. The number of carbonyl (C=O) groups excluding carboxylic acids is 1. The van der Waals surface area contributed by atoms with Crippen molar-refractivity contribution in [2.24, 2.45) is 0 Å². The topological polar surface area (TPSA) is 60.7 Å². The Kier molecular flexibility index (Phi) is 3.39. The Bertz CT molecular complexity index is 837. The van der Waals surface area contributed by atoms with Gasteiger partial charge in [0.2, 0.25) is 5.76 Å². The van der Waals surface area contributed by atoms with Crippen LogP contribution in [0.5, 0.6) is 0 Å². The second-order valence-corrected chi connectivity index (χ2v) is 4.91. The Balaban J connectivity index is 1.85. The predicted molar refractivity (Wildman–Crippen MR) is 80.7 cm³/mol. The number of carbonyl (C=O) groups is 1. The van der Waals surface area contributed by atoms with E-state index in [2.05, 4.69) is 11.8 Å². The van der Waals surface area contributed by atoms with E-state index in [1.165, 1.54) is 14.2 Å². The van der Waals surface area contributed by atoms with Crippen LogP contribution < -0.4 is 0 Å². The summed E-state index contributed by atoms with van der Waals surface area (Å²) < 4.78 is 11.8. The van der Waals surface area contributed by atoms with Gasteiger partial charge in [0.05, 0.1) is 20.8 Å². The molecule has 1 N–H and O–H groups in total. The molecule has 5 heteroatoms. The Hall–Kier alpha value is -2.71. The van der Waals surface area contributed by atoms with Crippen molar-refractivity contribution in [3.05, 3.63) is 48.0 Å². The number of nitrogens with zero attached hydrogens (tertiary/aromatic N) is 1. The third kappa shape index (κ3) is 1.97. The van der Waals surface area contributed by atoms with Crippen LogP contribution in [-0.2, 0) is 20.8 Å². The van der Waals surface area contributed by atoms with Crippen molar-refractivity contribution in [1.82, 2.24) is 4.57 Å². The van der Waals surface area contributed by atoms with Gasteiger partial charge in [0, 0.05) is 11.7 Å². The molecule has 0 fully saturated rings. The van der Waals surface area contributed by atoms with E-state index < -0.39 is 11.4 Å². The molecule has 0 aliphatic heterocycles. The minimum atomic E-state index is -1.90. The zero-order valence-electron chi connectivity index (χ0n) is 12.3. The molecule has 1 unspecified atom stereocenters. The number of Topliss-reactive ketones (excluding diaryl/α,β-unsaturated/α-hetero) is 1. The molecule has 0 saturated heterocycles. The van der Waals surface area contributed by atoms with Gasteiger partial charge >= 0.3 is 0 Å². The molecule has 1 heterocycles. The van der Waals surface area contributed by atoms with Crippen molar-refractivity contribution in [2.45, 2.75) is 12.1 Å². The fourth-order valence-electron chi connectivity index (χ4n) is 2.54. The van der Waals surface area contributed by atoms with Crippen LogP contribution in [0.25, 0.3) is 10.9 Å². The summed E-state index contributed by atoms with van der Waals surface area (Å²) in [5.41, 5.74) is -0.855. The summed E-state index contributed by atoms with van der Waals surface area (Å²) in [6, 6.07) is 9.91. The van der Waals surface area contributed by atoms with Crippen LogP contribution in [0.15, 0.2) is 48.0 Å². The highest BCUT2D eigenvalue weighted by atomic mass is 16.5. The zero-order chi connectivity index (χ0) is 15.7. The van der Waals surface area contributed by atoms with Gasteiger partial charge in [-0.15, -0.1) is 0 Å². The minimum Gasteiger partial charge on any atom is -0.493 e. The van der Waals surface area contributed by atoms with E-state index in [4.69, 9.17) is 9.47 Å². The second-order valence-electron chi connectivity index (χ2n) is 4.91. The van der Waals surface area contributed by atoms with Crippen molar-refractivity contribution in [3.8, 4) is 11.8 Å².